The van der Waals surface area contributed by atoms with Gasteiger partial charge in [-0.05, 0) is 37.0 Å². The summed E-state index contributed by atoms with van der Waals surface area (Å²) in [6.45, 7) is 5.55. The van der Waals surface area contributed by atoms with E-state index in [4.69, 9.17) is 4.74 Å². The van der Waals surface area contributed by atoms with Gasteiger partial charge in [-0.2, -0.15) is 4.72 Å². The van der Waals surface area contributed by atoms with Crippen molar-refractivity contribution in [1.29, 1.82) is 0 Å². The van der Waals surface area contributed by atoms with E-state index in [1.54, 1.807) is 13.0 Å². The average Bonchev–Trinajstić information content (AvgIpc) is 2.46. The molecule has 8 heteroatoms. The Hall–Kier alpha value is -1.93. The van der Waals surface area contributed by atoms with E-state index in [1.165, 1.54) is 18.2 Å². The highest BCUT2D eigenvalue weighted by atomic mass is 32.2. The molecule has 7 nitrogen and oxygen atoms in total. The second-order valence-corrected chi connectivity index (χ2v) is 7.48. The topological polar surface area (TPSA) is 110 Å². The highest BCUT2D eigenvalue weighted by Gasteiger charge is 2.26. The number of carbonyl (C=O) groups excluding carboxylic acids is 1. The normalized spacial score (nSPS) is 12.8. The van der Waals surface area contributed by atoms with Crippen molar-refractivity contribution in [2.75, 3.05) is 6.61 Å². The fourth-order valence-corrected chi connectivity index (χ4v) is 3.40. The summed E-state index contributed by atoms with van der Waals surface area (Å²) in [4.78, 5) is 22.7. The van der Waals surface area contributed by atoms with Gasteiger partial charge >= 0.3 is 11.9 Å². The molecule has 2 N–H and O–H groups in total. The molecule has 0 fully saturated rings. The average molecular weight is 357 g/mol. The number of esters is 1. The lowest BCUT2D eigenvalue weighted by Gasteiger charge is -2.17. The van der Waals surface area contributed by atoms with E-state index in [0.29, 0.717) is 5.56 Å². The van der Waals surface area contributed by atoms with Crippen LogP contribution < -0.4 is 4.72 Å². The molecule has 0 saturated carbocycles. The zero-order valence-electron chi connectivity index (χ0n) is 14.0. The molecule has 0 radical (unpaired) electrons. The Morgan fingerprint density at radius 1 is 1.29 bits per heavy atom. The van der Waals surface area contributed by atoms with Crippen molar-refractivity contribution in [1.82, 2.24) is 4.72 Å². The fourth-order valence-electron chi connectivity index (χ4n) is 2.13. The molecule has 1 atom stereocenters. The van der Waals surface area contributed by atoms with Gasteiger partial charge in [0.15, 0.2) is 0 Å². The molecule has 0 aliphatic heterocycles. The Morgan fingerprint density at radius 2 is 1.96 bits per heavy atom. The van der Waals surface area contributed by atoms with Crippen molar-refractivity contribution in [3.63, 3.8) is 0 Å². The highest BCUT2D eigenvalue weighted by Crippen LogP contribution is 2.15. The second kappa shape index (κ2) is 8.79. The van der Waals surface area contributed by atoms with Gasteiger partial charge in [0.2, 0.25) is 10.0 Å². The van der Waals surface area contributed by atoms with Gasteiger partial charge in [0.1, 0.15) is 6.04 Å². The lowest BCUT2D eigenvalue weighted by atomic mass is 10.1. The number of carbonyl (C=O) groups is 2. The maximum absolute atomic E-state index is 12.4. The smallest absolute Gasteiger partial charge is 0.321 e. The minimum atomic E-state index is -4.00. The number of rotatable bonds is 9. The number of hydrogen-bond acceptors (Lipinski definition) is 5. The largest absolute Gasteiger partial charge is 0.480 e. The fraction of sp³-hybridized carbons (Fsp3) is 0.500. The molecule has 0 spiro atoms. The Bertz CT molecular complexity index is 684. The Morgan fingerprint density at radius 3 is 2.50 bits per heavy atom. The number of sulfonamides is 1. The molecule has 0 aromatic heterocycles. The van der Waals surface area contributed by atoms with E-state index < -0.39 is 28.0 Å². The van der Waals surface area contributed by atoms with E-state index in [2.05, 4.69) is 4.72 Å². The van der Waals surface area contributed by atoms with Crippen LogP contribution in [0.2, 0.25) is 0 Å². The Kier molecular flexibility index (Phi) is 7.37. The predicted octanol–water partition coefficient (Wildman–Crippen LogP) is 1.57. The Balaban J connectivity index is 2.97. The third-order valence-electron chi connectivity index (χ3n) is 3.17. The van der Waals surface area contributed by atoms with Crippen LogP contribution in [-0.4, -0.2) is 38.1 Å². The molecule has 0 saturated heterocycles. The summed E-state index contributed by atoms with van der Waals surface area (Å²) in [5, 5.41) is 9.18. The molecule has 0 amide bonds. The van der Waals surface area contributed by atoms with Crippen LogP contribution >= 0.6 is 0 Å². The van der Waals surface area contributed by atoms with E-state index >= 15 is 0 Å². The molecular formula is C16H23NO6S. The lowest BCUT2D eigenvalue weighted by Crippen LogP contribution is -2.41. The molecule has 0 heterocycles. The quantitative estimate of drug-likeness (QED) is 0.649. The van der Waals surface area contributed by atoms with Gasteiger partial charge in [0, 0.05) is 0 Å². The summed E-state index contributed by atoms with van der Waals surface area (Å²) < 4.78 is 31.8. The van der Waals surface area contributed by atoms with Crippen molar-refractivity contribution in [3.05, 3.63) is 29.8 Å². The maximum Gasteiger partial charge on any atom is 0.321 e. The van der Waals surface area contributed by atoms with Gasteiger partial charge in [0.05, 0.1) is 17.9 Å². The summed E-state index contributed by atoms with van der Waals surface area (Å²) in [7, 11) is -4.00. The van der Waals surface area contributed by atoms with Crippen molar-refractivity contribution in [3.8, 4) is 0 Å². The van der Waals surface area contributed by atoms with Crippen molar-refractivity contribution in [2.24, 2.45) is 5.92 Å². The molecular weight excluding hydrogens is 334 g/mol. The second-order valence-electron chi connectivity index (χ2n) is 5.77. The minimum Gasteiger partial charge on any atom is -0.480 e. The van der Waals surface area contributed by atoms with Crippen molar-refractivity contribution in [2.45, 2.75) is 44.6 Å². The van der Waals surface area contributed by atoms with Crippen molar-refractivity contribution < 1.29 is 27.9 Å². The number of carboxylic acid groups (broad SMARTS) is 1. The summed E-state index contributed by atoms with van der Waals surface area (Å²) in [6.07, 6.45) is 0.128. The van der Waals surface area contributed by atoms with Gasteiger partial charge in [-0.15, -0.1) is 0 Å². The van der Waals surface area contributed by atoms with E-state index in [0.717, 1.165) is 0 Å². The number of aliphatic carboxylic acids is 1. The molecule has 1 aromatic carbocycles. The first-order valence-corrected chi connectivity index (χ1v) is 9.13. The molecule has 0 unspecified atom stereocenters. The lowest BCUT2D eigenvalue weighted by molar-refractivity contribution is -0.142. The van der Waals surface area contributed by atoms with Gasteiger partial charge < -0.3 is 9.84 Å². The molecule has 0 aliphatic carbocycles. The summed E-state index contributed by atoms with van der Waals surface area (Å²) in [5.41, 5.74) is 0.479. The van der Waals surface area contributed by atoms with Crippen LogP contribution in [0.5, 0.6) is 0 Å². The monoisotopic (exact) mass is 357 g/mol. The zero-order chi connectivity index (χ0) is 18.3. The van der Waals surface area contributed by atoms with Gasteiger partial charge in [-0.1, -0.05) is 26.0 Å². The molecule has 24 heavy (non-hydrogen) atoms. The first-order chi connectivity index (χ1) is 11.2. The summed E-state index contributed by atoms with van der Waals surface area (Å²) in [5.74, 6) is -1.66. The first kappa shape index (κ1) is 20.1. The van der Waals surface area contributed by atoms with Crippen molar-refractivity contribution >= 4 is 22.0 Å². The first-order valence-electron chi connectivity index (χ1n) is 7.65. The zero-order valence-corrected chi connectivity index (χ0v) is 14.8. The Labute approximate surface area is 142 Å². The molecule has 1 rings (SSSR count). The van der Waals surface area contributed by atoms with Crippen LogP contribution in [0.1, 0.15) is 32.8 Å². The van der Waals surface area contributed by atoms with Gasteiger partial charge in [-0.25, -0.2) is 8.42 Å². The standard InChI is InChI=1S/C16H23NO6S/c1-4-23-15(18)10-12-6-5-7-13(9-12)24(21,22)17-14(16(19)20)8-11(2)3/h5-7,9,11,14,17H,4,8,10H2,1-3H3,(H,19,20)/t14-/m1/s1. The molecule has 0 aliphatic rings. The van der Waals surface area contributed by atoms with E-state index in [1.807, 2.05) is 13.8 Å². The van der Waals surface area contributed by atoms with Gasteiger partial charge in [-0.3, -0.25) is 9.59 Å². The number of ether oxygens (including phenoxy) is 1. The predicted molar refractivity (Wildman–Crippen MR) is 88.0 cm³/mol. The summed E-state index contributed by atoms with van der Waals surface area (Å²) >= 11 is 0. The summed E-state index contributed by atoms with van der Waals surface area (Å²) in [6, 6.07) is 4.60. The third-order valence-corrected chi connectivity index (χ3v) is 4.63. The van der Waals surface area contributed by atoms with Crippen LogP contribution in [-0.2, 0) is 30.8 Å². The SMILES string of the molecule is CCOC(=O)Cc1cccc(S(=O)(=O)N[C@H](CC(C)C)C(=O)O)c1. The highest BCUT2D eigenvalue weighted by molar-refractivity contribution is 7.89. The third kappa shape index (κ3) is 6.29. The van der Waals surface area contributed by atoms with Crippen LogP contribution in [0.3, 0.4) is 0 Å². The van der Waals surface area contributed by atoms with Gasteiger partial charge in [0.25, 0.3) is 0 Å². The number of carboxylic acids is 1. The van der Waals surface area contributed by atoms with Crippen LogP contribution in [0.25, 0.3) is 0 Å². The van der Waals surface area contributed by atoms with E-state index in [9.17, 15) is 23.1 Å². The molecule has 0 bridgehead atoms. The maximum atomic E-state index is 12.4. The van der Waals surface area contributed by atoms with E-state index in [-0.39, 0.29) is 30.3 Å². The van der Waals surface area contributed by atoms with Crippen LogP contribution in [0.4, 0.5) is 0 Å². The van der Waals surface area contributed by atoms with Crippen LogP contribution in [0, 0.1) is 5.92 Å². The number of hydrogen-bond donors (Lipinski definition) is 2. The minimum absolute atomic E-state index is 0.0175. The number of benzene rings is 1. The number of nitrogens with one attached hydrogen (secondary N) is 1. The molecule has 134 valence electrons. The molecule has 1 aromatic rings. The van der Waals surface area contributed by atoms with Crippen LogP contribution in [0.15, 0.2) is 29.2 Å².